The van der Waals surface area contributed by atoms with Gasteiger partial charge in [-0.05, 0) is 6.92 Å². The number of aromatic nitrogens is 2. The molecule has 1 atom stereocenters. The molecule has 7 nitrogen and oxygen atoms in total. The molecular weight excluding hydrogens is 198 g/mol. The first kappa shape index (κ1) is 11.5. The summed E-state index contributed by atoms with van der Waals surface area (Å²) in [6.45, 7) is 2.04. The lowest BCUT2D eigenvalue weighted by Gasteiger charge is -2.13. The van der Waals surface area contributed by atoms with E-state index in [4.69, 9.17) is 15.7 Å². The van der Waals surface area contributed by atoms with Gasteiger partial charge >= 0.3 is 0 Å². The lowest BCUT2D eigenvalue weighted by atomic mass is 10.4. The van der Waals surface area contributed by atoms with E-state index in [1.807, 2.05) is 0 Å². The van der Waals surface area contributed by atoms with Crippen LogP contribution in [0.25, 0.3) is 0 Å². The van der Waals surface area contributed by atoms with E-state index in [2.05, 4.69) is 20.7 Å². The number of hydrogen-bond acceptors (Lipinski definition) is 7. The third-order valence-electron chi connectivity index (χ3n) is 1.71. The summed E-state index contributed by atoms with van der Waals surface area (Å²) in [5, 5.41) is 12.0. The van der Waals surface area contributed by atoms with Gasteiger partial charge in [0.1, 0.15) is 6.33 Å². The SMILES string of the molecule is COc1c(NN)ncnc1NCC(C)O. The summed E-state index contributed by atoms with van der Waals surface area (Å²) in [6.07, 6.45) is 0.876. The molecule has 0 aliphatic rings. The zero-order chi connectivity index (χ0) is 11.3. The molecule has 0 radical (unpaired) electrons. The Morgan fingerprint density at radius 3 is 2.73 bits per heavy atom. The van der Waals surface area contributed by atoms with Crippen LogP contribution in [0.2, 0.25) is 0 Å². The second kappa shape index (κ2) is 5.32. The number of rotatable bonds is 5. The molecule has 1 rings (SSSR count). The summed E-state index contributed by atoms with van der Waals surface area (Å²) in [5.74, 6) is 6.55. The van der Waals surface area contributed by atoms with Crippen molar-refractivity contribution in [2.45, 2.75) is 13.0 Å². The van der Waals surface area contributed by atoms with Crippen molar-refractivity contribution in [3.05, 3.63) is 6.33 Å². The predicted molar refractivity (Wildman–Crippen MR) is 56.6 cm³/mol. The smallest absolute Gasteiger partial charge is 0.205 e. The number of anilines is 2. The van der Waals surface area contributed by atoms with Crippen molar-refractivity contribution in [3.63, 3.8) is 0 Å². The molecule has 84 valence electrons. The van der Waals surface area contributed by atoms with Gasteiger partial charge in [0.25, 0.3) is 0 Å². The van der Waals surface area contributed by atoms with Gasteiger partial charge in [-0.1, -0.05) is 0 Å². The largest absolute Gasteiger partial charge is 0.490 e. The van der Waals surface area contributed by atoms with E-state index in [1.165, 1.54) is 13.4 Å². The lowest BCUT2D eigenvalue weighted by Crippen LogP contribution is -2.18. The molecule has 1 unspecified atom stereocenters. The van der Waals surface area contributed by atoms with Crippen LogP contribution in [0.15, 0.2) is 6.33 Å². The Morgan fingerprint density at radius 1 is 1.53 bits per heavy atom. The highest BCUT2D eigenvalue weighted by atomic mass is 16.5. The molecule has 0 spiro atoms. The Morgan fingerprint density at radius 2 is 2.20 bits per heavy atom. The first-order valence-corrected chi connectivity index (χ1v) is 4.46. The van der Waals surface area contributed by atoms with Crippen molar-refractivity contribution in [2.75, 3.05) is 24.4 Å². The van der Waals surface area contributed by atoms with Gasteiger partial charge in [-0.2, -0.15) is 0 Å². The molecule has 0 aliphatic heterocycles. The molecule has 15 heavy (non-hydrogen) atoms. The molecule has 0 fully saturated rings. The Bertz CT molecular complexity index is 318. The van der Waals surface area contributed by atoms with Crippen molar-refractivity contribution in [2.24, 2.45) is 5.84 Å². The second-order valence-electron chi connectivity index (χ2n) is 2.98. The number of hydrazine groups is 1. The number of methoxy groups -OCH3 is 1. The number of aliphatic hydroxyl groups excluding tert-OH is 1. The first-order chi connectivity index (χ1) is 7.19. The van der Waals surface area contributed by atoms with Crippen molar-refractivity contribution in [1.29, 1.82) is 0 Å². The minimum absolute atomic E-state index is 0.372. The monoisotopic (exact) mass is 213 g/mol. The van der Waals surface area contributed by atoms with E-state index in [0.717, 1.165) is 0 Å². The van der Waals surface area contributed by atoms with Crippen LogP contribution in [0.3, 0.4) is 0 Å². The summed E-state index contributed by atoms with van der Waals surface area (Å²) in [7, 11) is 1.49. The quantitative estimate of drug-likeness (QED) is 0.388. The zero-order valence-corrected chi connectivity index (χ0v) is 8.69. The molecule has 0 aromatic carbocycles. The standard InChI is InChI=1S/C8H15N5O2/c1-5(14)3-10-7-6(15-2)8(13-9)12-4-11-7/h4-5,14H,3,9H2,1-2H3,(H2,10,11,12,13). The minimum Gasteiger partial charge on any atom is -0.490 e. The van der Waals surface area contributed by atoms with Crippen LogP contribution in [0.5, 0.6) is 5.75 Å². The number of ether oxygens (including phenoxy) is 1. The van der Waals surface area contributed by atoms with E-state index in [-0.39, 0.29) is 0 Å². The van der Waals surface area contributed by atoms with Gasteiger partial charge in [-0.25, -0.2) is 15.8 Å². The highest BCUT2D eigenvalue weighted by Gasteiger charge is 2.10. The Labute approximate surface area is 87.6 Å². The van der Waals surface area contributed by atoms with Crippen molar-refractivity contribution in [3.8, 4) is 5.75 Å². The first-order valence-electron chi connectivity index (χ1n) is 4.46. The number of nitrogens with one attached hydrogen (secondary N) is 2. The summed E-state index contributed by atoms with van der Waals surface area (Å²) < 4.78 is 5.09. The number of hydrogen-bond donors (Lipinski definition) is 4. The van der Waals surface area contributed by atoms with Crippen LogP contribution < -0.4 is 21.3 Å². The fourth-order valence-corrected chi connectivity index (χ4v) is 1.04. The molecule has 0 aliphatic carbocycles. The number of nitrogen functional groups attached to an aromatic ring is 1. The normalized spacial score (nSPS) is 12.0. The third-order valence-corrected chi connectivity index (χ3v) is 1.71. The fourth-order valence-electron chi connectivity index (χ4n) is 1.04. The van der Waals surface area contributed by atoms with E-state index in [9.17, 15) is 0 Å². The average Bonchev–Trinajstić information content (AvgIpc) is 2.25. The Hall–Kier alpha value is -1.60. The molecule has 5 N–H and O–H groups in total. The van der Waals surface area contributed by atoms with Crippen LogP contribution in [0, 0.1) is 0 Å². The summed E-state index contributed by atoms with van der Waals surface area (Å²) in [4.78, 5) is 7.86. The van der Waals surface area contributed by atoms with Gasteiger partial charge in [0, 0.05) is 6.54 Å². The van der Waals surface area contributed by atoms with Crippen LogP contribution in [0.1, 0.15) is 6.92 Å². The molecule has 0 saturated carbocycles. The highest BCUT2D eigenvalue weighted by molar-refractivity contribution is 5.62. The Balaban J connectivity index is 2.86. The van der Waals surface area contributed by atoms with E-state index < -0.39 is 6.10 Å². The highest BCUT2D eigenvalue weighted by Crippen LogP contribution is 2.27. The van der Waals surface area contributed by atoms with Gasteiger partial charge in [0.2, 0.25) is 5.75 Å². The fraction of sp³-hybridized carbons (Fsp3) is 0.500. The van der Waals surface area contributed by atoms with Gasteiger partial charge in [-0.3, -0.25) is 0 Å². The van der Waals surface area contributed by atoms with Gasteiger partial charge in [0.15, 0.2) is 11.6 Å². The minimum atomic E-state index is -0.473. The summed E-state index contributed by atoms with van der Waals surface area (Å²) in [5.41, 5.74) is 2.40. The maximum atomic E-state index is 9.12. The number of nitrogens with zero attached hydrogens (tertiary/aromatic N) is 2. The molecule has 1 heterocycles. The van der Waals surface area contributed by atoms with Gasteiger partial charge in [-0.15, -0.1) is 0 Å². The van der Waals surface area contributed by atoms with Crippen molar-refractivity contribution < 1.29 is 9.84 Å². The number of nitrogens with two attached hydrogens (primary N) is 1. The van der Waals surface area contributed by atoms with Crippen molar-refractivity contribution in [1.82, 2.24) is 9.97 Å². The molecule has 7 heteroatoms. The van der Waals surface area contributed by atoms with Gasteiger partial charge < -0.3 is 20.6 Å². The molecule has 0 amide bonds. The van der Waals surface area contributed by atoms with Crippen LogP contribution in [0.4, 0.5) is 11.6 Å². The zero-order valence-electron chi connectivity index (χ0n) is 8.69. The summed E-state index contributed by atoms with van der Waals surface area (Å²) >= 11 is 0. The van der Waals surface area contributed by atoms with E-state index in [0.29, 0.717) is 23.9 Å². The lowest BCUT2D eigenvalue weighted by molar-refractivity contribution is 0.208. The van der Waals surface area contributed by atoms with E-state index >= 15 is 0 Å². The summed E-state index contributed by atoms with van der Waals surface area (Å²) in [6, 6.07) is 0. The molecule has 0 bridgehead atoms. The maximum absolute atomic E-state index is 9.12. The average molecular weight is 213 g/mol. The molecule has 0 saturated heterocycles. The molecule has 1 aromatic heterocycles. The maximum Gasteiger partial charge on any atom is 0.205 e. The van der Waals surface area contributed by atoms with Crippen LogP contribution >= 0.6 is 0 Å². The third kappa shape index (κ3) is 2.93. The van der Waals surface area contributed by atoms with Gasteiger partial charge in [0.05, 0.1) is 13.2 Å². The van der Waals surface area contributed by atoms with Crippen molar-refractivity contribution >= 4 is 11.6 Å². The predicted octanol–water partition coefficient (Wildman–Crippen LogP) is -0.437. The number of aliphatic hydroxyl groups is 1. The Kier molecular flexibility index (Phi) is 4.07. The van der Waals surface area contributed by atoms with E-state index in [1.54, 1.807) is 6.92 Å². The van der Waals surface area contributed by atoms with Crippen LogP contribution in [-0.4, -0.2) is 34.8 Å². The second-order valence-corrected chi connectivity index (χ2v) is 2.98. The molecule has 1 aromatic rings. The topological polar surface area (TPSA) is 105 Å². The van der Waals surface area contributed by atoms with Crippen LogP contribution in [-0.2, 0) is 0 Å². The molecular formula is C8H15N5O2.